The molecule has 1 aliphatic rings. The van der Waals surface area contributed by atoms with Crippen molar-refractivity contribution in [3.05, 3.63) is 0 Å². The Hall–Kier alpha value is -1.14. The van der Waals surface area contributed by atoms with E-state index < -0.39 is 5.79 Å². The van der Waals surface area contributed by atoms with Crippen molar-refractivity contribution in [3.63, 3.8) is 0 Å². The van der Waals surface area contributed by atoms with E-state index in [1.807, 2.05) is 0 Å². The lowest BCUT2D eigenvalue weighted by Crippen LogP contribution is -2.49. The molecule has 2 N–H and O–H groups in total. The van der Waals surface area contributed by atoms with Gasteiger partial charge in [-0.3, -0.25) is 0 Å². The predicted molar refractivity (Wildman–Crippen MR) is 49.0 cm³/mol. The largest absolute Gasteiger partial charge is 0.411 e. The highest BCUT2D eigenvalue weighted by atomic mass is 16.7. The summed E-state index contributed by atoms with van der Waals surface area (Å²) in [5, 5.41) is 23.7. The normalized spacial score (nSPS) is 27.0. The van der Waals surface area contributed by atoms with Crippen LogP contribution in [0.3, 0.4) is 0 Å². The molecule has 6 heteroatoms. The summed E-state index contributed by atoms with van der Waals surface area (Å²) in [5.74, 6) is -1.09. The summed E-state index contributed by atoms with van der Waals surface area (Å²) >= 11 is 0. The fourth-order valence-electron chi connectivity index (χ4n) is 1.66. The summed E-state index contributed by atoms with van der Waals surface area (Å²) in [7, 11) is 2.91. The Morgan fingerprint density at radius 3 is 2.29 bits per heavy atom. The molecule has 1 saturated carbocycles. The zero-order chi connectivity index (χ0) is 10.6. The fourth-order valence-corrected chi connectivity index (χ4v) is 1.66. The maximum atomic E-state index is 8.83. The van der Waals surface area contributed by atoms with E-state index in [-0.39, 0.29) is 5.71 Å². The Bertz CT molecular complexity index is 258. The molecule has 6 nitrogen and oxygen atoms in total. The Labute approximate surface area is 81.8 Å². The standard InChI is InChI=1S/C8H14N2O4/c1-13-8(14-2)5-3-4-6(9-11)7(8)10-12/h11-12H,3-5H2,1-2H3/b9-6+,10-7+. The van der Waals surface area contributed by atoms with Crippen LogP contribution >= 0.6 is 0 Å². The van der Waals surface area contributed by atoms with Gasteiger partial charge in [-0.25, -0.2) is 0 Å². The quantitative estimate of drug-likeness (QED) is 0.394. The number of nitrogens with zero attached hydrogens (tertiary/aromatic N) is 2. The molecule has 0 spiro atoms. The van der Waals surface area contributed by atoms with Gasteiger partial charge >= 0.3 is 0 Å². The average molecular weight is 202 g/mol. The molecule has 1 fully saturated rings. The summed E-state index contributed by atoms with van der Waals surface area (Å²) in [5.41, 5.74) is 0.429. The van der Waals surface area contributed by atoms with Crippen LogP contribution in [0, 0.1) is 0 Å². The van der Waals surface area contributed by atoms with E-state index >= 15 is 0 Å². The minimum Gasteiger partial charge on any atom is -0.411 e. The first-order valence-corrected chi connectivity index (χ1v) is 4.28. The van der Waals surface area contributed by atoms with E-state index in [9.17, 15) is 0 Å². The molecule has 0 heterocycles. The summed E-state index contributed by atoms with van der Waals surface area (Å²) in [6.45, 7) is 0. The van der Waals surface area contributed by atoms with Crippen LogP contribution in [0.25, 0.3) is 0 Å². The van der Waals surface area contributed by atoms with Crippen LogP contribution in [0.5, 0.6) is 0 Å². The summed E-state index contributed by atoms with van der Waals surface area (Å²) in [4.78, 5) is 0. The van der Waals surface area contributed by atoms with Gasteiger partial charge in [-0.1, -0.05) is 10.3 Å². The van der Waals surface area contributed by atoms with Gasteiger partial charge in [0.25, 0.3) is 0 Å². The molecule has 1 rings (SSSR count). The van der Waals surface area contributed by atoms with Gasteiger partial charge in [0.05, 0.1) is 0 Å². The minimum absolute atomic E-state index is 0.135. The van der Waals surface area contributed by atoms with Crippen LogP contribution in [-0.2, 0) is 9.47 Å². The Kier molecular flexibility index (Phi) is 3.43. The second-order valence-corrected chi connectivity index (χ2v) is 3.01. The first kappa shape index (κ1) is 10.9. The molecule has 0 saturated heterocycles. The van der Waals surface area contributed by atoms with Crippen LogP contribution in [0.2, 0.25) is 0 Å². The van der Waals surface area contributed by atoms with E-state index in [0.29, 0.717) is 18.6 Å². The Morgan fingerprint density at radius 1 is 1.21 bits per heavy atom. The monoisotopic (exact) mass is 202 g/mol. The molecule has 0 atom stereocenters. The van der Waals surface area contributed by atoms with Gasteiger partial charge in [-0.15, -0.1) is 0 Å². The fraction of sp³-hybridized carbons (Fsp3) is 0.750. The topological polar surface area (TPSA) is 83.6 Å². The van der Waals surface area contributed by atoms with Gasteiger partial charge in [-0.05, 0) is 12.8 Å². The van der Waals surface area contributed by atoms with Crippen LogP contribution in [0.1, 0.15) is 19.3 Å². The predicted octanol–water partition coefficient (Wildman–Crippen LogP) is 0.820. The summed E-state index contributed by atoms with van der Waals surface area (Å²) in [6, 6.07) is 0. The number of methoxy groups -OCH3 is 2. The molecule has 0 aromatic rings. The number of rotatable bonds is 2. The van der Waals surface area contributed by atoms with Crippen molar-refractivity contribution in [2.75, 3.05) is 14.2 Å². The molecule has 0 amide bonds. The zero-order valence-electron chi connectivity index (χ0n) is 8.23. The van der Waals surface area contributed by atoms with Crippen molar-refractivity contribution in [1.82, 2.24) is 0 Å². The van der Waals surface area contributed by atoms with E-state index in [1.54, 1.807) is 0 Å². The number of hydrogen-bond acceptors (Lipinski definition) is 6. The van der Waals surface area contributed by atoms with Crippen molar-refractivity contribution in [3.8, 4) is 0 Å². The van der Waals surface area contributed by atoms with Crippen molar-refractivity contribution >= 4 is 11.4 Å². The van der Waals surface area contributed by atoms with E-state index in [0.717, 1.165) is 6.42 Å². The molecule has 14 heavy (non-hydrogen) atoms. The smallest absolute Gasteiger partial charge is 0.217 e. The van der Waals surface area contributed by atoms with E-state index in [1.165, 1.54) is 14.2 Å². The lowest BCUT2D eigenvalue weighted by Gasteiger charge is -2.34. The van der Waals surface area contributed by atoms with Gasteiger partial charge in [0, 0.05) is 20.6 Å². The van der Waals surface area contributed by atoms with Gasteiger partial charge in [-0.2, -0.15) is 0 Å². The van der Waals surface area contributed by atoms with E-state index in [4.69, 9.17) is 19.9 Å². The Morgan fingerprint density at radius 2 is 1.86 bits per heavy atom. The second kappa shape index (κ2) is 4.39. The van der Waals surface area contributed by atoms with Crippen LogP contribution in [0.4, 0.5) is 0 Å². The first-order valence-electron chi connectivity index (χ1n) is 4.28. The van der Waals surface area contributed by atoms with Gasteiger partial charge in [0.15, 0.2) is 5.71 Å². The maximum Gasteiger partial charge on any atom is 0.217 e. The van der Waals surface area contributed by atoms with Crippen molar-refractivity contribution in [2.45, 2.75) is 25.0 Å². The van der Waals surface area contributed by atoms with E-state index in [2.05, 4.69) is 10.3 Å². The lowest BCUT2D eigenvalue weighted by molar-refractivity contribution is -0.159. The van der Waals surface area contributed by atoms with Gasteiger partial charge in [0.1, 0.15) is 5.71 Å². The third-order valence-electron chi connectivity index (χ3n) is 2.43. The van der Waals surface area contributed by atoms with Crippen molar-refractivity contribution in [2.24, 2.45) is 10.3 Å². The number of hydrogen-bond donors (Lipinski definition) is 2. The first-order chi connectivity index (χ1) is 6.74. The SMILES string of the molecule is COC1(OC)CCCC(=N\O)/C1=N\O. The molecule has 0 unspecified atom stereocenters. The molecule has 0 aromatic carbocycles. The maximum absolute atomic E-state index is 8.83. The van der Waals surface area contributed by atoms with Crippen LogP contribution in [-0.4, -0.2) is 41.8 Å². The zero-order valence-corrected chi connectivity index (χ0v) is 8.23. The van der Waals surface area contributed by atoms with Crippen LogP contribution < -0.4 is 0 Å². The molecule has 80 valence electrons. The van der Waals surface area contributed by atoms with Crippen molar-refractivity contribution in [1.29, 1.82) is 0 Å². The van der Waals surface area contributed by atoms with Crippen molar-refractivity contribution < 1.29 is 19.9 Å². The average Bonchev–Trinajstić information content (AvgIpc) is 2.27. The third kappa shape index (κ3) is 1.58. The highest BCUT2D eigenvalue weighted by Crippen LogP contribution is 2.28. The third-order valence-corrected chi connectivity index (χ3v) is 2.43. The highest BCUT2D eigenvalue weighted by Gasteiger charge is 2.43. The molecule has 1 aliphatic carbocycles. The molecule has 0 aliphatic heterocycles. The molecule has 0 bridgehead atoms. The second-order valence-electron chi connectivity index (χ2n) is 3.01. The minimum atomic E-state index is -1.09. The van der Waals surface area contributed by atoms with Gasteiger partial charge < -0.3 is 19.9 Å². The molecule has 0 aromatic heterocycles. The summed E-state index contributed by atoms with van der Waals surface area (Å²) < 4.78 is 10.3. The lowest BCUT2D eigenvalue weighted by atomic mass is 9.90. The molecule has 0 radical (unpaired) electrons. The summed E-state index contributed by atoms with van der Waals surface area (Å²) in [6.07, 6.45) is 1.86. The molecular formula is C8H14N2O4. The molecular weight excluding hydrogens is 188 g/mol. The highest BCUT2D eigenvalue weighted by molar-refractivity contribution is 6.45. The van der Waals surface area contributed by atoms with Gasteiger partial charge in [0.2, 0.25) is 5.79 Å². The number of ether oxygens (including phenoxy) is 2. The van der Waals surface area contributed by atoms with Crippen LogP contribution in [0.15, 0.2) is 10.3 Å². The number of oxime groups is 2. The Balaban J connectivity index is 3.06.